The highest BCUT2D eigenvalue weighted by Gasteiger charge is 2.27. The molecule has 1 amide bonds. The summed E-state index contributed by atoms with van der Waals surface area (Å²) in [6.45, 7) is 8.09. The predicted molar refractivity (Wildman–Crippen MR) is 101 cm³/mol. The Bertz CT molecular complexity index is 802. The highest BCUT2D eigenvalue weighted by molar-refractivity contribution is 5.96. The molecule has 1 fully saturated rings. The number of piperidine rings is 1. The molecule has 3 rings (SSSR count). The zero-order chi connectivity index (χ0) is 19.4. The number of rotatable bonds is 6. The second kappa shape index (κ2) is 8.57. The Kier molecular flexibility index (Phi) is 6.16. The van der Waals surface area contributed by atoms with Crippen molar-refractivity contribution in [1.29, 1.82) is 0 Å². The van der Waals surface area contributed by atoms with Crippen LogP contribution in [0.4, 0.5) is 0 Å². The third-order valence-corrected chi connectivity index (χ3v) is 4.88. The van der Waals surface area contributed by atoms with E-state index in [2.05, 4.69) is 13.8 Å². The number of hydrogen-bond donors (Lipinski definition) is 0. The molecule has 6 heteroatoms. The van der Waals surface area contributed by atoms with Gasteiger partial charge in [0.1, 0.15) is 5.58 Å². The maximum Gasteiger partial charge on any atom is 0.375 e. The predicted octanol–water partition coefficient (Wildman–Crippen LogP) is 3.63. The number of ether oxygens (including phenoxy) is 2. The first-order valence-corrected chi connectivity index (χ1v) is 9.52. The standard InChI is InChI=1S/C21H27NO5/c1-4-25-12-17-16-7-5-6-8-18(16)27-20(17)21(24)26-13-19(23)22-10-14(2)9-15(3)11-22/h5-8,14-15H,4,9-13H2,1-3H3/t14-,15-/m1/s1. The van der Waals surface area contributed by atoms with E-state index in [1.165, 1.54) is 0 Å². The van der Waals surface area contributed by atoms with Gasteiger partial charge in [-0.05, 0) is 31.2 Å². The fourth-order valence-electron chi connectivity index (χ4n) is 3.76. The molecule has 0 N–H and O–H groups in total. The lowest BCUT2D eigenvalue weighted by atomic mass is 9.92. The van der Waals surface area contributed by atoms with Crippen molar-refractivity contribution in [1.82, 2.24) is 4.90 Å². The van der Waals surface area contributed by atoms with Crippen molar-refractivity contribution in [3.05, 3.63) is 35.6 Å². The molecule has 0 radical (unpaired) electrons. The number of fused-ring (bicyclic) bond motifs is 1. The van der Waals surface area contributed by atoms with Crippen LogP contribution < -0.4 is 0 Å². The van der Waals surface area contributed by atoms with Crippen LogP contribution in [-0.2, 0) is 20.9 Å². The molecule has 1 saturated heterocycles. The second-order valence-electron chi connectivity index (χ2n) is 7.36. The van der Waals surface area contributed by atoms with E-state index in [-0.39, 0.29) is 24.9 Å². The molecule has 2 aromatic rings. The maximum absolute atomic E-state index is 12.6. The van der Waals surface area contributed by atoms with Gasteiger partial charge in [0.2, 0.25) is 5.76 Å². The number of amides is 1. The smallest absolute Gasteiger partial charge is 0.375 e. The maximum atomic E-state index is 12.6. The summed E-state index contributed by atoms with van der Waals surface area (Å²) >= 11 is 0. The summed E-state index contributed by atoms with van der Waals surface area (Å²) in [5.41, 5.74) is 1.26. The first-order chi connectivity index (χ1) is 13.0. The molecule has 0 aliphatic carbocycles. The summed E-state index contributed by atoms with van der Waals surface area (Å²) < 4.78 is 16.5. The van der Waals surface area contributed by atoms with Crippen molar-refractivity contribution in [2.75, 3.05) is 26.3 Å². The Morgan fingerprint density at radius 2 is 1.89 bits per heavy atom. The summed E-state index contributed by atoms with van der Waals surface area (Å²) in [5, 5.41) is 0.822. The van der Waals surface area contributed by atoms with Gasteiger partial charge in [0.15, 0.2) is 6.61 Å². The lowest BCUT2D eigenvalue weighted by molar-refractivity contribution is -0.137. The number of para-hydroxylation sites is 1. The van der Waals surface area contributed by atoms with Crippen molar-refractivity contribution in [2.45, 2.75) is 33.8 Å². The van der Waals surface area contributed by atoms with E-state index in [0.29, 0.717) is 42.7 Å². The summed E-state index contributed by atoms with van der Waals surface area (Å²) in [4.78, 5) is 26.8. The molecule has 27 heavy (non-hydrogen) atoms. The van der Waals surface area contributed by atoms with E-state index in [1.807, 2.05) is 25.1 Å². The van der Waals surface area contributed by atoms with Crippen molar-refractivity contribution in [3.63, 3.8) is 0 Å². The largest absolute Gasteiger partial charge is 0.450 e. The van der Waals surface area contributed by atoms with Gasteiger partial charge in [0.25, 0.3) is 5.91 Å². The second-order valence-corrected chi connectivity index (χ2v) is 7.36. The van der Waals surface area contributed by atoms with Crippen LogP contribution in [0.1, 0.15) is 43.3 Å². The number of carbonyl (C=O) groups excluding carboxylic acids is 2. The molecule has 1 aliphatic heterocycles. The molecule has 6 nitrogen and oxygen atoms in total. The van der Waals surface area contributed by atoms with Gasteiger partial charge in [-0.15, -0.1) is 0 Å². The van der Waals surface area contributed by atoms with Gasteiger partial charge in [-0.1, -0.05) is 32.0 Å². The molecular formula is C21H27NO5. The minimum atomic E-state index is -0.632. The number of hydrogen-bond acceptors (Lipinski definition) is 5. The lowest BCUT2D eigenvalue weighted by Crippen LogP contribution is -2.44. The van der Waals surface area contributed by atoms with Crippen LogP contribution in [0.15, 0.2) is 28.7 Å². The number of benzene rings is 1. The molecule has 1 aromatic heterocycles. The number of likely N-dealkylation sites (tertiary alicyclic amines) is 1. The van der Waals surface area contributed by atoms with E-state index in [0.717, 1.165) is 11.8 Å². The molecule has 0 unspecified atom stereocenters. The van der Waals surface area contributed by atoms with E-state index in [1.54, 1.807) is 11.0 Å². The molecule has 2 heterocycles. The van der Waals surface area contributed by atoms with E-state index in [9.17, 15) is 9.59 Å². The van der Waals surface area contributed by atoms with Crippen molar-refractivity contribution < 1.29 is 23.5 Å². The third kappa shape index (κ3) is 4.50. The lowest BCUT2D eigenvalue weighted by Gasteiger charge is -2.34. The van der Waals surface area contributed by atoms with Crippen LogP contribution in [0.3, 0.4) is 0 Å². The summed E-state index contributed by atoms with van der Waals surface area (Å²) in [6.07, 6.45) is 1.11. The molecule has 2 atom stereocenters. The average Bonchev–Trinajstić information content (AvgIpc) is 3.02. The van der Waals surface area contributed by atoms with Crippen LogP contribution >= 0.6 is 0 Å². The van der Waals surface area contributed by atoms with Crippen LogP contribution in [-0.4, -0.2) is 43.1 Å². The Labute approximate surface area is 159 Å². The fourth-order valence-corrected chi connectivity index (χ4v) is 3.76. The first kappa shape index (κ1) is 19.4. The van der Waals surface area contributed by atoms with Gasteiger partial charge in [0, 0.05) is 30.6 Å². The normalized spacial score (nSPS) is 20.0. The molecule has 146 valence electrons. The topological polar surface area (TPSA) is 69.0 Å². The fraction of sp³-hybridized carbons (Fsp3) is 0.524. The quantitative estimate of drug-likeness (QED) is 0.723. The van der Waals surface area contributed by atoms with Crippen LogP contribution in [0.5, 0.6) is 0 Å². The number of carbonyl (C=O) groups is 2. The van der Waals surface area contributed by atoms with Crippen LogP contribution in [0.2, 0.25) is 0 Å². The van der Waals surface area contributed by atoms with Crippen molar-refractivity contribution >= 4 is 22.8 Å². The summed E-state index contributed by atoms with van der Waals surface area (Å²) in [5.74, 6) is 0.234. The van der Waals surface area contributed by atoms with Gasteiger partial charge in [0.05, 0.1) is 6.61 Å². The number of furan rings is 1. The Balaban J connectivity index is 1.69. The first-order valence-electron chi connectivity index (χ1n) is 9.52. The van der Waals surface area contributed by atoms with Gasteiger partial charge >= 0.3 is 5.97 Å². The van der Waals surface area contributed by atoms with Gasteiger partial charge in [-0.25, -0.2) is 4.79 Å². The molecular weight excluding hydrogens is 346 g/mol. The van der Waals surface area contributed by atoms with Crippen LogP contribution in [0, 0.1) is 11.8 Å². The Morgan fingerprint density at radius 3 is 2.59 bits per heavy atom. The SMILES string of the molecule is CCOCc1c(C(=O)OCC(=O)N2C[C@H](C)C[C@@H](C)C2)oc2ccccc12. The Morgan fingerprint density at radius 1 is 1.19 bits per heavy atom. The highest BCUT2D eigenvalue weighted by Crippen LogP contribution is 2.27. The zero-order valence-electron chi connectivity index (χ0n) is 16.2. The minimum Gasteiger partial charge on any atom is -0.450 e. The third-order valence-electron chi connectivity index (χ3n) is 4.88. The average molecular weight is 373 g/mol. The van der Waals surface area contributed by atoms with Crippen LogP contribution in [0.25, 0.3) is 11.0 Å². The van der Waals surface area contributed by atoms with Gasteiger partial charge < -0.3 is 18.8 Å². The minimum absolute atomic E-state index is 0.109. The van der Waals surface area contributed by atoms with E-state index >= 15 is 0 Å². The molecule has 0 saturated carbocycles. The molecule has 1 aliphatic rings. The summed E-state index contributed by atoms with van der Waals surface area (Å²) in [6, 6.07) is 7.40. The monoisotopic (exact) mass is 373 g/mol. The summed E-state index contributed by atoms with van der Waals surface area (Å²) in [7, 11) is 0. The number of esters is 1. The van der Waals surface area contributed by atoms with E-state index in [4.69, 9.17) is 13.9 Å². The molecule has 0 bridgehead atoms. The number of nitrogens with zero attached hydrogens (tertiary/aromatic N) is 1. The van der Waals surface area contributed by atoms with Gasteiger partial charge in [-0.3, -0.25) is 4.79 Å². The molecule has 0 spiro atoms. The van der Waals surface area contributed by atoms with E-state index < -0.39 is 5.97 Å². The molecule has 1 aromatic carbocycles. The highest BCUT2D eigenvalue weighted by atomic mass is 16.5. The van der Waals surface area contributed by atoms with Crippen molar-refractivity contribution in [3.8, 4) is 0 Å². The zero-order valence-corrected chi connectivity index (χ0v) is 16.2. The van der Waals surface area contributed by atoms with Gasteiger partial charge in [-0.2, -0.15) is 0 Å². The Hall–Kier alpha value is -2.34. The van der Waals surface area contributed by atoms with Crippen molar-refractivity contribution in [2.24, 2.45) is 11.8 Å².